The van der Waals surface area contributed by atoms with Gasteiger partial charge in [0.25, 0.3) is 0 Å². The van der Waals surface area contributed by atoms with Crippen molar-refractivity contribution in [3.63, 3.8) is 0 Å². The molecule has 0 aliphatic rings. The Balaban J connectivity index is 2.02. The number of anilines is 1. The normalized spacial score (nSPS) is 10.3. The van der Waals surface area contributed by atoms with Crippen molar-refractivity contribution in [1.29, 1.82) is 0 Å². The van der Waals surface area contributed by atoms with Crippen molar-refractivity contribution in [2.45, 2.75) is 13.0 Å². The Hall–Kier alpha value is -1.84. The van der Waals surface area contributed by atoms with Crippen LogP contribution in [0.3, 0.4) is 0 Å². The topological polar surface area (TPSA) is 56.7 Å². The van der Waals surface area contributed by atoms with E-state index in [0.29, 0.717) is 0 Å². The van der Waals surface area contributed by atoms with Crippen LogP contribution in [0, 0.1) is 0 Å². The van der Waals surface area contributed by atoms with E-state index in [-0.39, 0.29) is 0 Å². The zero-order valence-corrected chi connectivity index (χ0v) is 7.80. The van der Waals surface area contributed by atoms with Gasteiger partial charge in [0.1, 0.15) is 12.7 Å². The number of aromatic nitrogens is 3. The van der Waals surface area contributed by atoms with E-state index in [1.807, 2.05) is 28.8 Å². The van der Waals surface area contributed by atoms with Crippen LogP contribution in [0.15, 0.2) is 36.9 Å². The molecule has 2 aromatic rings. The van der Waals surface area contributed by atoms with Crippen molar-refractivity contribution in [2.75, 3.05) is 5.73 Å². The van der Waals surface area contributed by atoms with Gasteiger partial charge >= 0.3 is 0 Å². The van der Waals surface area contributed by atoms with Crippen LogP contribution < -0.4 is 5.73 Å². The highest BCUT2D eigenvalue weighted by Gasteiger charge is 1.97. The lowest BCUT2D eigenvalue weighted by Crippen LogP contribution is -2.01. The average molecular weight is 188 g/mol. The number of nitrogens with zero attached hydrogens (tertiary/aromatic N) is 3. The molecule has 4 heteroatoms. The second kappa shape index (κ2) is 3.91. The minimum Gasteiger partial charge on any atom is -0.399 e. The van der Waals surface area contributed by atoms with E-state index in [2.05, 4.69) is 10.2 Å². The monoisotopic (exact) mass is 188 g/mol. The maximum atomic E-state index is 5.82. The maximum Gasteiger partial charge on any atom is 0.119 e. The molecule has 0 aliphatic carbocycles. The summed E-state index contributed by atoms with van der Waals surface area (Å²) in [4.78, 5) is 0. The Kier molecular flexibility index (Phi) is 2.44. The van der Waals surface area contributed by atoms with E-state index >= 15 is 0 Å². The molecule has 14 heavy (non-hydrogen) atoms. The van der Waals surface area contributed by atoms with Crippen molar-refractivity contribution >= 4 is 5.69 Å². The summed E-state index contributed by atoms with van der Waals surface area (Å²) < 4.78 is 1.94. The molecule has 2 N–H and O–H groups in total. The van der Waals surface area contributed by atoms with Gasteiger partial charge in [-0.05, 0) is 18.1 Å². The Morgan fingerprint density at radius 2 is 1.86 bits per heavy atom. The molecule has 4 nitrogen and oxygen atoms in total. The zero-order valence-electron chi connectivity index (χ0n) is 7.80. The van der Waals surface area contributed by atoms with Gasteiger partial charge in [-0.2, -0.15) is 0 Å². The second-order valence-corrected chi connectivity index (χ2v) is 3.15. The Morgan fingerprint density at radius 1 is 1.14 bits per heavy atom. The summed E-state index contributed by atoms with van der Waals surface area (Å²) in [5, 5.41) is 7.48. The highest BCUT2D eigenvalue weighted by Crippen LogP contribution is 2.11. The molecule has 0 bridgehead atoms. The van der Waals surface area contributed by atoms with Crippen LogP contribution in [-0.4, -0.2) is 14.8 Å². The summed E-state index contributed by atoms with van der Waals surface area (Å²) >= 11 is 0. The quantitative estimate of drug-likeness (QED) is 0.734. The molecule has 0 radical (unpaired) electrons. The first kappa shape index (κ1) is 8.74. The molecule has 0 atom stereocenters. The number of hydrogen-bond acceptors (Lipinski definition) is 3. The number of rotatable bonds is 3. The van der Waals surface area contributed by atoms with Crippen LogP contribution in [0.25, 0.3) is 0 Å². The van der Waals surface area contributed by atoms with E-state index in [1.54, 1.807) is 12.7 Å². The second-order valence-electron chi connectivity index (χ2n) is 3.15. The molecule has 1 aromatic carbocycles. The molecule has 1 heterocycles. The van der Waals surface area contributed by atoms with E-state index in [9.17, 15) is 0 Å². The van der Waals surface area contributed by atoms with Crippen LogP contribution in [0.1, 0.15) is 5.56 Å². The van der Waals surface area contributed by atoms with Gasteiger partial charge < -0.3 is 10.3 Å². The number of nitrogens with two attached hydrogens (primary N) is 1. The highest BCUT2D eigenvalue weighted by molar-refractivity contribution is 5.46. The summed E-state index contributed by atoms with van der Waals surface area (Å²) in [7, 11) is 0. The van der Waals surface area contributed by atoms with Gasteiger partial charge in [-0.15, -0.1) is 10.2 Å². The molecule has 2 rings (SSSR count). The van der Waals surface area contributed by atoms with Crippen molar-refractivity contribution in [2.24, 2.45) is 0 Å². The average Bonchev–Trinajstić information content (AvgIpc) is 2.69. The molecule has 72 valence electrons. The van der Waals surface area contributed by atoms with Crippen molar-refractivity contribution in [3.8, 4) is 0 Å². The molecule has 0 fully saturated rings. The maximum absolute atomic E-state index is 5.82. The molecule has 0 saturated heterocycles. The number of hydrogen-bond donors (Lipinski definition) is 1. The van der Waals surface area contributed by atoms with Crippen LogP contribution in [0.4, 0.5) is 5.69 Å². The smallest absolute Gasteiger partial charge is 0.119 e. The van der Waals surface area contributed by atoms with Crippen LogP contribution in [0.2, 0.25) is 0 Å². The van der Waals surface area contributed by atoms with Crippen molar-refractivity contribution in [3.05, 3.63) is 42.5 Å². The minimum atomic E-state index is 0.848. The summed E-state index contributed by atoms with van der Waals surface area (Å²) in [6.45, 7) is 0.862. The number of para-hydroxylation sites is 1. The fourth-order valence-corrected chi connectivity index (χ4v) is 1.35. The molecule has 0 spiro atoms. The van der Waals surface area contributed by atoms with Crippen LogP contribution in [-0.2, 0) is 13.0 Å². The summed E-state index contributed by atoms with van der Waals surface area (Å²) in [5.41, 5.74) is 7.84. The van der Waals surface area contributed by atoms with Gasteiger partial charge in [-0.25, -0.2) is 0 Å². The SMILES string of the molecule is Nc1ccccc1CCn1cnnc1. The fraction of sp³-hybridized carbons (Fsp3) is 0.200. The van der Waals surface area contributed by atoms with Gasteiger partial charge in [0.15, 0.2) is 0 Å². The molecular formula is C10H12N4. The number of benzene rings is 1. The standard InChI is InChI=1S/C10H12N4/c11-10-4-2-1-3-9(10)5-6-14-7-12-13-8-14/h1-4,7-8H,5-6,11H2. The third-order valence-corrected chi connectivity index (χ3v) is 2.16. The molecule has 0 unspecified atom stereocenters. The molecule has 0 aliphatic heterocycles. The van der Waals surface area contributed by atoms with E-state index < -0.39 is 0 Å². The summed E-state index contributed by atoms with van der Waals surface area (Å²) in [6.07, 6.45) is 4.32. The van der Waals surface area contributed by atoms with Gasteiger partial charge in [0.05, 0.1) is 0 Å². The van der Waals surface area contributed by atoms with Crippen LogP contribution >= 0.6 is 0 Å². The lowest BCUT2D eigenvalue weighted by molar-refractivity contribution is 0.694. The predicted molar refractivity (Wildman–Crippen MR) is 54.6 cm³/mol. The van der Waals surface area contributed by atoms with E-state index in [1.165, 1.54) is 5.56 Å². The first-order valence-corrected chi connectivity index (χ1v) is 4.52. The zero-order chi connectivity index (χ0) is 9.80. The molecule has 0 amide bonds. The third-order valence-electron chi connectivity index (χ3n) is 2.16. The summed E-state index contributed by atoms with van der Waals surface area (Å²) in [5.74, 6) is 0. The minimum absolute atomic E-state index is 0.848. The fourth-order valence-electron chi connectivity index (χ4n) is 1.35. The first-order valence-electron chi connectivity index (χ1n) is 4.52. The van der Waals surface area contributed by atoms with Crippen molar-refractivity contribution in [1.82, 2.24) is 14.8 Å². The Morgan fingerprint density at radius 3 is 2.57 bits per heavy atom. The molecule has 0 saturated carbocycles. The first-order chi connectivity index (χ1) is 6.86. The van der Waals surface area contributed by atoms with Gasteiger partial charge in [-0.3, -0.25) is 0 Å². The van der Waals surface area contributed by atoms with E-state index in [4.69, 9.17) is 5.73 Å². The lowest BCUT2D eigenvalue weighted by atomic mass is 10.1. The number of nitrogen functional groups attached to an aromatic ring is 1. The van der Waals surface area contributed by atoms with Gasteiger partial charge in [0, 0.05) is 12.2 Å². The van der Waals surface area contributed by atoms with Crippen molar-refractivity contribution < 1.29 is 0 Å². The Bertz CT molecular complexity index is 394. The molecular weight excluding hydrogens is 176 g/mol. The van der Waals surface area contributed by atoms with Crippen LogP contribution in [0.5, 0.6) is 0 Å². The van der Waals surface area contributed by atoms with E-state index in [0.717, 1.165) is 18.7 Å². The number of aryl methyl sites for hydroxylation is 2. The van der Waals surface area contributed by atoms with Gasteiger partial charge in [0.2, 0.25) is 0 Å². The Labute approximate surface area is 82.4 Å². The van der Waals surface area contributed by atoms with Gasteiger partial charge in [-0.1, -0.05) is 18.2 Å². The summed E-state index contributed by atoms with van der Waals surface area (Å²) in [6, 6.07) is 7.90. The highest BCUT2D eigenvalue weighted by atomic mass is 15.2. The lowest BCUT2D eigenvalue weighted by Gasteiger charge is -2.04. The largest absolute Gasteiger partial charge is 0.399 e. The third kappa shape index (κ3) is 1.90. The molecule has 1 aromatic heterocycles. The predicted octanol–water partition coefficient (Wildman–Crippen LogP) is 1.10.